The van der Waals surface area contributed by atoms with Crippen molar-refractivity contribution in [3.8, 4) is 5.75 Å². The quantitative estimate of drug-likeness (QED) is 0.708. The van der Waals surface area contributed by atoms with Crippen LogP contribution in [0.2, 0.25) is 0 Å². The van der Waals surface area contributed by atoms with E-state index in [0.29, 0.717) is 18.7 Å². The molecule has 2 aliphatic heterocycles. The Bertz CT molecular complexity index is 789. The summed E-state index contributed by atoms with van der Waals surface area (Å²) >= 11 is 0. The maximum Gasteiger partial charge on any atom is 0.254 e. The molecule has 1 aliphatic carbocycles. The molecule has 1 N–H and O–H groups in total. The molecule has 3 fully saturated rings. The Balaban J connectivity index is 1.49. The Morgan fingerprint density at radius 1 is 1.17 bits per heavy atom. The van der Waals surface area contributed by atoms with Gasteiger partial charge in [-0.3, -0.25) is 9.59 Å². The number of hydrogen-bond donors (Lipinski definition) is 1. The van der Waals surface area contributed by atoms with Gasteiger partial charge in [0.05, 0.1) is 19.1 Å². The highest BCUT2D eigenvalue weighted by Crippen LogP contribution is 2.52. The van der Waals surface area contributed by atoms with Gasteiger partial charge in [0.25, 0.3) is 5.91 Å². The number of methoxy groups -OCH3 is 2. The Hall–Kier alpha value is -2.08. The molecule has 0 radical (unpaired) electrons. The third-order valence-corrected chi connectivity index (χ3v) is 7.88. The molecule has 2 amide bonds. The van der Waals surface area contributed by atoms with E-state index in [1.165, 1.54) is 6.42 Å². The lowest BCUT2D eigenvalue weighted by molar-refractivity contribution is -0.134. The second kappa shape index (κ2) is 8.22. The normalized spacial score (nSPS) is 28.8. The maximum atomic E-state index is 13.5. The van der Waals surface area contributed by atoms with E-state index in [1.54, 1.807) is 14.2 Å². The average Bonchev–Trinajstić information content (AvgIpc) is 3.31. The SMILES string of the molecule is CC[C@@]1(C(=O)NCC2(COC)CCC2)C[C@@H]2CC[C@H]1N2C(=O)c1ccc(OC)cc1. The van der Waals surface area contributed by atoms with Gasteiger partial charge in [0, 0.05) is 36.7 Å². The van der Waals surface area contributed by atoms with E-state index < -0.39 is 5.41 Å². The molecule has 3 aliphatic rings. The van der Waals surface area contributed by atoms with E-state index >= 15 is 0 Å². The van der Waals surface area contributed by atoms with Crippen LogP contribution in [0.1, 0.15) is 62.2 Å². The van der Waals surface area contributed by atoms with Gasteiger partial charge in [0.15, 0.2) is 0 Å². The second-order valence-electron chi connectivity index (χ2n) is 9.37. The van der Waals surface area contributed by atoms with Crippen LogP contribution in [-0.4, -0.2) is 56.2 Å². The van der Waals surface area contributed by atoms with Crippen molar-refractivity contribution < 1.29 is 19.1 Å². The van der Waals surface area contributed by atoms with Crippen LogP contribution >= 0.6 is 0 Å². The zero-order valence-electron chi connectivity index (χ0n) is 18.4. The number of hydrogen-bond acceptors (Lipinski definition) is 4. The van der Waals surface area contributed by atoms with E-state index in [2.05, 4.69) is 12.2 Å². The zero-order chi connectivity index (χ0) is 21.4. The molecule has 1 aromatic carbocycles. The number of nitrogens with zero attached hydrogens (tertiary/aromatic N) is 1. The average molecular weight is 415 g/mol. The lowest BCUT2D eigenvalue weighted by Crippen LogP contribution is -2.53. The van der Waals surface area contributed by atoms with Gasteiger partial charge in [-0.1, -0.05) is 13.3 Å². The fourth-order valence-corrected chi connectivity index (χ4v) is 5.96. The smallest absolute Gasteiger partial charge is 0.254 e. The molecule has 0 aromatic heterocycles. The molecule has 2 bridgehead atoms. The fraction of sp³-hybridized carbons (Fsp3) is 0.667. The van der Waals surface area contributed by atoms with Crippen molar-refractivity contribution in [2.75, 3.05) is 27.4 Å². The van der Waals surface area contributed by atoms with E-state index in [4.69, 9.17) is 9.47 Å². The lowest BCUT2D eigenvalue weighted by atomic mass is 9.68. The molecule has 2 saturated heterocycles. The van der Waals surface area contributed by atoms with E-state index in [9.17, 15) is 9.59 Å². The van der Waals surface area contributed by atoms with Crippen molar-refractivity contribution in [1.29, 1.82) is 0 Å². The van der Waals surface area contributed by atoms with Crippen molar-refractivity contribution in [3.05, 3.63) is 29.8 Å². The predicted molar refractivity (Wildman–Crippen MR) is 114 cm³/mol. The monoisotopic (exact) mass is 414 g/mol. The van der Waals surface area contributed by atoms with Gasteiger partial charge in [-0.05, 0) is 62.8 Å². The number of carbonyl (C=O) groups excluding carboxylic acids is 2. The highest BCUT2D eigenvalue weighted by atomic mass is 16.5. The number of benzene rings is 1. The van der Waals surface area contributed by atoms with Gasteiger partial charge in [0.1, 0.15) is 5.75 Å². The predicted octanol–water partition coefficient (Wildman–Crippen LogP) is 3.40. The van der Waals surface area contributed by atoms with Gasteiger partial charge in [0.2, 0.25) is 5.91 Å². The number of fused-ring (bicyclic) bond motifs is 2. The molecule has 30 heavy (non-hydrogen) atoms. The van der Waals surface area contributed by atoms with Gasteiger partial charge in [-0.15, -0.1) is 0 Å². The molecular formula is C24H34N2O4. The maximum absolute atomic E-state index is 13.5. The zero-order valence-corrected chi connectivity index (χ0v) is 18.4. The van der Waals surface area contributed by atoms with Gasteiger partial charge < -0.3 is 19.7 Å². The minimum Gasteiger partial charge on any atom is -0.497 e. The summed E-state index contributed by atoms with van der Waals surface area (Å²) in [6.45, 7) is 3.45. The molecule has 1 aromatic rings. The molecule has 6 nitrogen and oxygen atoms in total. The summed E-state index contributed by atoms with van der Waals surface area (Å²) in [6, 6.07) is 7.39. The topological polar surface area (TPSA) is 67.9 Å². The molecular weight excluding hydrogens is 380 g/mol. The Labute approximate surface area is 179 Å². The summed E-state index contributed by atoms with van der Waals surface area (Å²) in [5.41, 5.74) is 0.270. The van der Waals surface area contributed by atoms with Crippen molar-refractivity contribution in [3.63, 3.8) is 0 Å². The van der Waals surface area contributed by atoms with Gasteiger partial charge in [-0.2, -0.15) is 0 Å². The Kier molecular flexibility index (Phi) is 5.80. The molecule has 3 atom stereocenters. The van der Waals surface area contributed by atoms with Crippen LogP contribution in [0.25, 0.3) is 0 Å². The lowest BCUT2D eigenvalue weighted by Gasteiger charge is -2.43. The van der Waals surface area contributed by atoms with Crippen LogP contribution in [-0.2, 0) is 9.53 Å². The van der Waals surface area contributed by atoms with Crippen molar-refractivity contribution >= 4 is 11.8 Å². The van der Waals surface area contributed by atoms with Crippen LogP contribution in [0.3, 0.4) is 0 Å². The molecule has 0 spiro atoms. The summed E-state index contributed by atoms with van der Waals surface area (Å²) in [7, 11) is 3.35. The first-order chi connectivity index (χ1) is 14.5. The van der Waals surface area contributed by atoms with Crippen LogP contribution in [0.15, 0.2) is 24.3 Å². The van der Waals surface area contributed by atoms with Crippen molar-refractivity contribution in [2.45, 2.75) is 64.0 Å². The molecule has 164 valence electrons. The van der Waals surface area contributed by atoms with Crippen molar-refractivity contribution in [1.82, 2.24) is 10.2 Å². The third-order valence-electron chi connectivity index (χ3n) is 7.88. The Morgan fingerprint density at radius 3 is 2.47 bits per heavy atom. The first-order valence-electron chi connectivity index (χ1n) is 11.2. The molecule has 4 rings (SSSR count). The van der Waals surface area contributed by atoms with E-state index in [0.717, 1.165) is 44.3 Å². The summed E-state index contributed by atoms with van der Waals surface area (Å²) in [5.74, 6) is 0.884. The molecule has 0 unspecified atom stereocenters. The standard InChI is InChI=1S/C24H34N2O4/c1-4-24(22(28)25-15-23(16-29-2)12-5-13-23)14-18-8-11-20(24)26(18)21(27)17-6-9-19(30-3)10-7-17/h6-7,9-10,18,20H,4-5,8,11-16H2,1-3H3,(H,25,28)/t18-,20+,24+/m0/s1. The first-order valence-corrected chi connectivity index (χ1v) is 11.2. The number of nitrogens with one attached hydrogen (secondary N) is 1. The number of ether oxygens (including phenoxy) is 2. The summed E-state index contributed by atoms with van der Waals surface area (Å²) < 4.78 is 10.6. The van der Waals surface area contributed by atoms with E-state index in [1.807, 2.05) is 29.2 Å². The van der Waals surface area contributed by atoms with Crippen LogP contribution in [0.4, 0.5) is 0 Å². The fourth-order valence-electron chi connectivity index (χ4n) is 5.96. The summed E-state index contributed by atoms with van der Waals surface area (Å²) in [6.07, 6.45) is 6.81. The highest BCUT2D eigenvalue weighted by molar-refractivity contribution is 5.96. The van der Waals surface area contributed by atoms with E-state index in [-0.39, 0.29) is 29.3 Å². The molecule has 1 saturated carbocycles. The summed E-state index contributed by atoms with van der Waals surface area (Å²) in [4.78, 5) is 28.8. The second-order valence-corrected chi connectivity index (χ2v) is 9.37. The summed E-state index contributed by atoms with van der Waals surface area (Å²) in [5, 5.41) is 3.27. The number of carbonyl (C=O) groups is 2. The minimum atomic E-state index is -0.483. The van der Waals surface area contributed by atoms with Crippen molar-refractivity contribution in [2.24, 2.45) is 10.8 Å². The largest absolute Gasteiger partial charge is 0.497 e. The highest BCUT2D eigenvalue weighted by Gasteiger charge is 2.60. The Morgan fingerprint density at radius 2 is 1.90 bits per heavy atom. The van der Waals surface area contributed by atoms with Crippen LogP contribution in [0.5, 0.6) is 5.75 Å². The minimum absolute atomic E-state index is 0.0260. The third kappa shape index (κ3) is 3.39. The van der Waals surface area contributed by atoms with Crippen LogP contribution < -0.4 is 10.1 Å². The first kappa shape index (κ1) is 21.2. The molecule has 6 heteroatoms. The number of rotatable bonds is 8. The number of amides is 2. The van der Waals surface area contributed by atoms with Gasteiger partial charge >= 0.3 is 0 Å². The molecule has 2 heterocycles. The van der Waals surface area contributed by atoms with Gasteiger partial charge in [-0.25, -0.2) is 0 Å². The van der Waals surface area contributed by atoms with Crippen LogP contribution in [0, 0.1) is 10.8 Å².